The highest BCUT2D eigenvalue weighted by molar-refractivity contribution is 7.79. The predicted molar refractivity (Wildman–Crippen MR) is 81.0 cm³/mol. The van der Waals surface area contributed by atoms with Crippen LogP contribution in [0.5, 0.6) is 0 Å². The van der Waals surface area contributed by atoms with Gasteiger partial charge in [0.15, 0.2) is 0 Å². The molecule has 0 aliphatic heterocycles. The van der Waals surface area contributed by atoms with Gasteiger partial charge in [-0.3, -0.25) is 0 Å². The number of benzene rings is 1. The van der Waals surface area contributed by atoms with Crippen LogP contribution in [0.2, 0.25) is 0 Å². The quantitative estimate of drug-likeness (QED) is 0.649. The zero-order chi connectivity index (χ0) is 14.0. The summed E-state index contributed by atoms with van der Waals surface area (Å²) in [5.41, 5.74) is 8.84. The fourth-order valence-electron chi connectivity index (χ4n) is 1.34. The van der Waals surface area contributed by atoms with Gasteiger partial charge in [-0.1, -0.05) is 26.0 Å². The Morgan fingerprint density at radius 3 is 2.44 bits per heavy atom. The monoisotopic (exact) mass is 266 g/mol. The van der Waals surface area contributed by atoms with Gasteiger partial charge in [-0.15, -0.1) is 0 Å². The third-order valence-electron chi connectivity index (χ3n) is 2.15. The van der Waals surface area contributed by atoms with Crippen LogP contribution in [0.3, 0.4) is 0 Å². The molecule has 0 radical (unpaired) electrons. The van der Waals surface area contributed by atoms with Gasteiger partial charge >= 0.3 is 0 Å². The number of nitrogens with two attached hydrogens (primary N) is 1. The Morgan fingerprint density at radius 1 is 1.28 bits per heavy atom. The molecule has 1 aromatic heterocycles. The van der Waals surface area contributed by atoms with E-state index in [2.05, 4.69) is 28.8 Å². The number of aromatic nitrogens is 3. The lowest BCUT2D eigenvalue weighted by atomic mass is 10.1. The number of nitrogens with zero attached hydrogens (tertiary/aromatic N) is 3. The van der Waals surface area contributed by atoms with E-state index in [0.717, 1.165) is 17.8 Å². The van der Waals surface area contributed by atoms with Crippen molar-refractivity contribution >= 4 is 18.3 Å². The maximum atomic E-state index is 5.73. The van der Waals surface area contributed by atoms with Gasteiger partial charge in [-0.05, 0) is 30.4 Å². The van der Waals surface area contributed by atoms with E-state index in [1.807, 2.05) is 32.9 Å². The molecule has 1 heterocycles. The van der Waals surface area contributed by atoms with Crippen LogP contribution in [-0.4, -0.2) is 21.0 Å². The fourth-order valence-corrected chi connectivity index (χ4v) is 1.34. The molecule has 0 fully saturated rings. The summed E-state index contributed by atoms with van der Waals surface area (Å²) in [6.07, 6.45) is 4.93. The molecule has 0 aliphatic rings. The molecule has 2 N–H and O–H groups in total. The lowest BCUT2D eigenvalue weighted by molar-refractivity contribution is 0.684. The van der Waals surface area contributed by atoms with Gasteiger partial charge in [0.2, 0.25) is 0 Å². The highest BCUT2D eigenvalue weighted by Crippen LogP contribution is 2.13. The van der Waals surface area contributed by atoms with Crippen LogP contribution in [0.15, 0.2) is 30.9 Å². The van der Waals surface area contributed by atoms with Crippen LogP contribution in [0.25, 0.3) is 0 Å². The minimum absolute atomic E-state index is 0.737. The predicted octanol–water partition coefficient (Wildman–Crippen LogP) is 2.79. The molecule has 0 bridgehead atoms. The molecule has 18 heavy (non-hydrogen) atoms. The number of thiol groups is 1. The van der Waals surface area contributed by atoms with Crippen molar-refractivity contribution in [2.45, 2.75) is 27.3 Å². The summed E-state index contributed by atoms with van der Waals surface area (Å²) in [7, 11) is 0. The number of rotatable bonds is 2. The summed E-state index contributed by atoms with van der Waals surface area (Å²) in [4.78, 5) is 3.89. The molecule has 0 spiro atoms. The molecule has 1 aromatic carbocycles. The van der Waals surface area contributed by atoms with E-state index in [1.54, 1.807) is 17.3 Å². The van der Waals surface area contributed by atoms with Gasteiger partial charge < -0.3 is 5.73 Å². The fraction of sp³-hybridized carbons (Fsp3) is 0.385. The number of aryl methyl sites for hydroxylation is 1. The largest absolute Gasteiger partial charge is 0.399 e. The Hall–Kier alpha value is -1.49. The Labute approximate surface area is 115 Å². The van der Waals surface area contributed by atoms with E-state index in [-0.39, 0.29) is 0 Å². The first-order valence-electron chi connectivity index (χ1n) is 5.88. The Balaban J connectivity index is 0.000000659. The second-order valence-electron chi connectivity index (χ2n) is 3.28. The topological polar surface area (TPSA) is 56.7 Å². The summed E-state index contributed by atoms with van der Waals surface area (Å²) < 4.78 is 1.78. The van der Waals surface area contributed by atoms with Crippen molar-refractivity contribution in [2.75, 3.05) is 12.0 Å². The molecular formula is C13H22N4S. The third kappa shape index (κ3) is 5.23. The lowest BCUT2D eigenvalue weighted by Crippen LogP contribution is -2.01. The summed E-state index contributed by atoms with van der Waals surface area (Å²) in [6, 6.07) is 5.99. The summed E-state index contributed by atoms with van der Waals surface area (Å²) >= 11 is 3.53. The van der Waals surface area contributed by atoms with E-state index in [0.29, 0.717) is 0 Å². The van der Waals surface area contributed by atoms with Crippen LogP contribution in [0, 0.1) is 6.92 Å². The zero-order valence-corrected chi connectivity index (χ0v) is 12.4. The molecule has 0 unspecified atom stereocenters. The van der Waals surface area contributed by atoms with Crippen molar-refractivity contribution in [3.05, 3.63) is 42.0 Å². The third-order valence-corrected chi connectivity index (χ3v) is 2.15. The summed E-state index contributed by atoms with van der Waals surface area (Å²) in [5.74, 6) is 0. The summed E-state index contributed by atoms with van der Waals surface area (Å²) in [5, 5.41) is 4.04. The molecule has 0 amide bonds. The van der Waals surface area contributed by atoms with E-state index in [4.69, 9.17) is 5.73 Å². The van der Waals surface area contributed by atoms with Crippen molar-refractivity contribution in [2.24, 2.45) is 0 Å². The molecule has 100 valence electrons. The van der Waals surface area contributed by atoms with Gasteiger partial charge in [0.25, 0.3) is 0 Å². The molecule has 0 saturated carbocycles. The highest BCUT2D eigenvalue weighted by atomic mass is 32.1. The van der Waals surface area contributed by atoms with E-state index in [9.17, 15) is 0 Å². The van der Waals surface area contributed by atoms with E-state index in [1.165, 1.54) is 11.9 Å². The van der Waals surface area contributed by atoms with Gasteiger partial charge in [0, 0.05) is 5.69 Å². The SMILES string of the molecule is CC.CS.Cc1cc(Cn2cncn2)ccc1N. The van der Waals surface area contributed by atoms with Crippen molar-refractivity contribution in [3.63, 3.8) is 0 Å². The molecule has 5 heteroatoms. The van der Waals surface area contributed by atoms with Crippen LogP contribution >= 0.6 is 12.6 Å². The Bertz CT molecular complexity index is 427. The van der Waals surface area contributed by atoms with Gasteiger partial charge in [0.05, 0.1) is 6.54 Å². The van der Waals surface area contributed by atoms with Crippen molar-refractivity contribution in [3.8, 4) is 0 Å². The second-order valence-corrected chi connectivity index (χ2v) is 3.28. The normalized spacial score (nSPS) is 8.72. The molecule has 2 rings (SSSR count). The minimum atomic E-state index is 0.737. The second kappa shape index (κ2) is 9.53. The van der Waals surface area contributed by atoms with Crippen LogP contribution in [-0.2, 0) is 6.54 Å². The Morgan fingerprint density at radius 2 is 1.94 bits per heavy atom. The smallest absolute Gasteiger partial charge is 0.137 e. The van der Waals surface area contributed by atoms with E-state index < -0.39 is 0 Å². The Kier molecular flexibility index (Phi) is 8.74. The average molecular weight is 266 g/mol. The maximum absolute atomic E-state index is 5.73. The number of hydrogen-bond donors (Lipinski definition) is 2. The highest BCUT2D eigenvalue weighted by Gasteiger charge is 1.98. The maximum Gasteiger partial charge on any atom is 0.137 e. The van der Waals surface area contributed by atoms with Gasteiger partial charge in [0.1, 0.15) is 12.7 Å². The number of anilines is 1. The molecule has 0 aliphatic carbocycles. The van der Waals surface area contributed by atoms with Crippen LogP contribution in [0.4, 0.5) is 5.69 Å². The molecule has 0 saturated heterocycles. The molecule has 2 aromatic rings. The number of nitrogen functional groups attached to an aromatic ring is 1. The van der Waals surface area contributed by atoms with Gasteiger partial charge in [-0.25, -0.2) is 9.67 Å². The van der Waals surface area contributed by atoms with Crippen molar-refractivity contribution in [1.29, 1.82) is 0 Å². The first-order valence-corrected chi connectivity index (χ1v) is 6.77. The standard InChI is InChI=1S/C10H12N4.C2H6.CH4S/c1-8-4-9(2-3-10(8)11)5-14-7-12-6-13-14;2*1-2/h2-4,6-7H,5,11H2,1H3;1-2H3;2H,1H3. The first kappa shape index (κ1) is 16.5. The van der Waals surface area contributed by atoms with Crippen molar-refractivity contribution in [1.82, 2.24) is 14.8 Å². The molecule has 0 atom stereocenters. The van der Waals surface area contributed by atoms with Crippen LogP contribution < -0.4 is 5.73 Å². The lowest BCUT2D eigenvalue weighted by Gasteiger charge is -2.04. The summed E-state index contributed by atoms with van der Waals surface area (Å²) in [6.45, 7) is 6.74. The van der Waals surface area contributed by atoms with E-state index >= 15 is 0 Å². The number of hydrogen-bond acceptors (Lipinski definition) is 4. The van der Waals surface area contributed by atoms with Crippen molar-refractivity contribution < 1.29 is 0 Å². The minimum Gasteiger partial charge on any atom is -0.399 e. The van der Waals surface area contributed by atoms with Crippen LogP contribution in [0.1, 0.15) is 25.0 Å². The zero-order valence-electron chi connectivity index (χ0n) is 11.5. The first-order chi connectivity index (χ1) is 8.75. The average Bonchev–Trinajstić information content (AvgIpc) is 2.92. The molecular weight excluding hydrogens is 244 g/mol. The molecule has 4 nitrogen and oxygen atoms in total. The van der Waals surface area contributed by atoms with Gasteiger partial charge in [-0.2, -0.15) is 17.7 Å².